The lowest BCUT2D eigenvalue weighted by Gasteiger charge is -2.28. The zero-order valence-corrected chi connectivity index (χ0v) is 18.2. The minimum Gasteiger partial charge on any atom is -0.444 e. The number of nitrogens with zero attached hydrogens (tertiary/aromatic N) is 3. The summed E-state index contributed by atoms with van der Waals surface area (Å²) in [5.41, 5.74) is -0.390. The minimum absolute atomic E-state index is 0.00471. The second-order valence-corrected chi connectivity index (χ2v) is 10.4. The Morgan fingerprint density at radius 3 is 2.50 bits per heavy atom. The number of hydrogen-bond donors (Lipinski definition) is 1. The summed E-state index contributed by atoms with van der Waals surface area (Å²) in [6.45, 7) is 10.6. The van der Waals surface area contributed by atoms with Crippen molar-refractivity contribution in [3.63, 3.8) is 0 Å². The number of aromatic nitrogens is 2. The van der Waals surface area contributed by atoms with Crippen LogP contribution in [0.4, 0.5) is 4.79 Å². The van der Waals surface area contributed by atoms with Gasteiger partial charge in [0.05, 0.1) is 11.2 Å². The molecule has 2 amide bonds. The first-order valence-electron chi connectivity index (χ1n) is 9.39. The number of likely N-dealkylation sites (tertiary alicyclic amines) is 1. The Bertz CT molecular complexity index is 933. The SMILES string of the molecule is CC(C)(C)OC(=O)N1C[C@@H]2C(C(=O)NC(C)(C)c3c(Cl)nc4sccn34)[C@@H]2C1. The summed E-state index contributed by atoms with van der Waals surface area (Å²) < 4.78 is 7.35. The molecular formula is C19H25ClN4O3S. The highest BCUT2D eigenvalue weighted by atomic mass is 35.5. The van der Waals surface area contributed by atoms with Crippen LogP contribution in [0.3, 0.4) is 0 Å². The second kappa shape index (κ2) is 6.35. The number of nitrogens with one attached hydrogen (secondary N) is 1. The predicted octanol–water partition coefficient (Wildman–Crippen LogP) is 3.51. The van der Waals surface area contributed by atoms with Crippen LogP contribution in [-0.4, -0.2) is 45.0 Å². The number of fused-ring (bicyclic) bond motifs is 2. The van der Waals surface area contributed by atoms with Crippen molar-refractivity contribution in [1.29, 1.82) is 0 Å². The first-order chi connectivity index (χ1) is 13.0. The van der Waals surface area contributed by atoms with E-state index in [1.807, 2.05) is 50.6 Å². The molecule has 0 bridgehead atoms. The van der Waals surface area contributed by atoms with E-state index in [2.05, 4.69) is 10.3 Å². The van der Waals surface area contributed by atoms with Gasteiger partial charge in [-0.15, -0.1) is 11.3 Å². The fourth-order valence-corrected chi connectivity index (χ4v) is 5.33. The molecule has 1 saturated heterocycles. The van der Waals surface area contributed by atoms with Gasteiger partial charge in [-0.25, -0.2) is 9.78 Å². The molecule has 2 aromatic heterocycles. The molecule has 2 aromatic rings. The number of imidazole rings is 1. The van der Waals surface area contributed by atoms with E-state index in [4.69, 9.17) is 16.3 Å². The molecule has 0 aromatic carbocycles. The molecule has 1 saturated carbocycles. The molecule has 3 atom stereocenters. The zero-order valence-electron chi connectivity index (χ0n) is 16.7. The maximum absolute atomic E-state index is 12.9. The van der Waals surface area contributed by atoms with Crippen LogP contribution in [0.25, 0.3) is 4.96 Å². The number of halogens is 1. The van der Waals surface area contributed by atoms with Crippen LogP contribution in [0, 0.1) is 17.8 Å². The Kier molecular flexibility index (Phi) is 4.43. The number of amides is 2. The molecule has 7 nitrogen and oxygen atoms in total. The molecule has 152 valence electrons. The highest BCUT2D eigenvalue weighted by Crippen LogP contribution is 2.52. The van der Waals surface area contributed by atoms with E-state index in [-0.39, 0.29) is 29.8 Å². The molecule has 0 spiro atoms. The van der Waals surface area contributed by atoms with Gasteiger partial charge in [-0.3, -0.25) is 9.20 Å². The van der Waals surface area contributed by atoms with Gasteiger partial charge in [0.2, 0.25) is 5.91 Å². The highest BCUT2D eigenvalue weighted by Gasteiger charge is 2.61. The number of rotatable bonds is 3. The number of ether oxygens (including phenoxy) is 1. The van der Waals surface area contributed by atoms with E-state index < -0.39 is 11.1 Å². The van der Waals surface area contributed by atoms with Gasteiger partial charge in [0.1, 0.15) is 5.60 Å². The molecule has 1 aliphatic heterocycles. The lowest BCUT2D eigenvalue weighted by molar-refractivity contribution is -0.125. The van der Waals surface area contributed by atoms with E-state index in [0.29, 0.717) is 18.2 Å². The fourth-order valence-electron chi connectivity index (χ4n) is 4.16. The topological polar surface area (TPSA) is 75.9 Å². The smallest absolute Gasteiger partial charge is 0.410 e. The molecule has 28 heavy (non-hydrogen) atoms. The molecular weight excluding hydrogens is 400 g/mol. The maximum atomic E-state index is 12.9. The second-order valence-electron chi connectivity index (χ2n) is 9.16. The number of carbonyl (C=O) groups excluding carboxylic acids is 2. The summed E-state index contributed by atoms with van der Waals surface area (Å²) in [5.74, 6) is 0.337. The lowest BCUT2D eigenvalue weighted by Crippen LogP contribution is -2.44. The van der Waals surface area contributed by atoms with Crippen molar-refractivity contribution < 1.29 is 14.3 Å². The third-order valence-electron chi connectivity index (χ3n) is 5.40. The molecule has 2 aliphatic rings. The van der Waals surface area contributed by atoms with Crippen LogP contribution in [-0.2, 0) is 15.1 Å². The van der Waals surface area contributed by atoms with Gasteiger partial charge in [-0.1, -0.05) is 11.6 Å². The van der Waals surface area contributed by atoms with E-state index in [0.717, 1.165) is 10.7 Å². The van der Waals surface area contributed by atoms with Gasteiger partial charge < -0.3 is 15.0 Å². The number of piperidine rings is 1. The normalized spacial score (nSPS) is 24.4. The van der Waals surface area contributed by atoms with Gasteiger partial charge in [-0.2, -0.15) is 0 Å². The van der Waals surface area contributed by atoms with Crippen molar-refractivity contribution in [3.05, 3.63) is 22.4 Å². The Hall–Kier alpha value is -1.80. The summed E-state index contributed by atoms with van der Waals surface area (Å²) in [4.78, 5) is 32.0. The predicted molar refractivity (Wildman–Crippen MR) is 108 cm³/mol. The average molecular weight is 425 g/mol. The number of carbonyl (C=O) groups is 2. The largest absolute Gasteiger partial charge is 0.444 e. The standard InChI is InChI=1S/C19H25ClN4O3S/c1-18(2,3)27-17(26)23-8-10-11(9-23)12(10)15(25)22-19(4,5)13-14(20)21-16-24(13)6-7-28-16/h6-7,10-12H,8-9H2,1-5H3,(H,22,25)/t10-,11+,12?. The van der Waals surface area contributed by atoms with Crippen LogP contribution in [0.5, 0.6) is 0 Å². The fraction of sp³-hybridized carbons (Fsp3) is 0.632. The third-order valence-corrected chi connectivity index (χ3v) is 6.42. The quantitative estimate of drug-likeness (QED) is 0.817. The average Bonchev–Trinajstić information content (AvgIpc) is 2.91. The van der Waals surface area contributed by atoms with Crippen molar-refractivity contribution in [1.82, 2.24) is 19.6 Å². The highest BCUT2D eigenvalue weighted by molar-refractivity contribution is 7.15. The van der Waals surface area contributed by atoms with Gasteiger partial charge in [0, 0.05) is 30.6 Å². The van der Waals surface area contributed by atoms with Gasteiger partial charge in [0.15, 0.2) is 10.1 Å². The molecule has 1 unspecified atom stereocenters. The van der Waals surface area contributed by atoms with E-state index >= 15 is 0 Å². The van der Waals surface area contributed by atoms with Gasteiger partial charge in [0.25, 0.3) is 0 Å². The van der Waals surface area contributed by atoms with Gasteiger partial charge in [-0.05, 0) is 46.5 Å². The maximum Gasteiger partial charge on any atom is 0.410 e. The summed E-state index contributed by atoms with van der Waals surface area (Å²) >= 11 is 7.84. The molecule has 1 N–H and O–H groups in total. The summed E-state index contributed by atoms with van der Waals surface area (Å²) in [6.07, 6.45) is 1.61. The van der Waals surface area contributed by atoms with E-state index in [9.17, 15) is 9.59 Å². The van der Waals surface area contributed by atoms with E-state index in [1.165, 1.54) is 11.3 Å². The zero-order chi connectivity index (χ0) is 20.4. The summed E-state index contributed by atoms with van der Waals surface area (Å²) in [5, 5.41) is 5.49. The molecule has 2 fully saturated rings. The summed E-state index contributed by atoms with van der Waals surface area (Å²) in [6, 6.07) is 0. The molecule has 3 heterocycles. The third kappa shape index (κ3) is 3.37. The minimum atomic E-state index is -0.656. The van der Waals surface area contributed by atoms with E-state index in [1.54, 1.807) is 4.90 Å². The monoisotopic (exact) mass is 424 g/mol. The Labute approximate surface area is 173 Å². The first kappa shape index (κ1) is 19.5. The Morgan fingerprint density at radius 1 is 1.25 bits per heavy atom. The van der Waals surface area contributed by atoms with Crippen molar-refractivity contribution in [2.75, 3.05) is 13.1 Å². The molecule has 0 radical (unpaired) electrons. The van der Waals surface area contributed by atoms with Crippen LogP contribution in [0.15, 0.2) is 11.6 Å². The number of thiazole rings is 1. The van der Waals surface area contributed by atoms with Gasteiger partial charge >= 0.3 is 6.09 Å². The van der Waals surface area contributed by atoms with Crippen LogP contribution in [0.1, 0.15) is 40.3 Å². The Balaban J connectivity index is 1.39. The first-order valence-corrected chi connectivity index (χ1v) is 10.7. The molecule has 9 heteroatoms. The van der Waals surface area contributed by atoms with Crippen molar-refractivity contribution >= 4 is 39.9 Å². The van der Waals surface area contributed by atoms with Crippen molar-refractivity contribution in [2.45, 2.75) is 45.8 Å². The molecule has 1 aliphatic carbocycles. The lowest BCUT2D eigenvalue weighted by atomic mass is 10.0. The van der Waals surface area contributed by atoms with Crippen LogP contribution in [0.2, 0.25) is 5.15 Å². The Morgan fingerprint density at radius 2 is 1.89 bits per heavy atom. The molecule has 4 rings (SSSR count). The van der Waals surface area contributed by atoms with Crippen LogP contribution < -0.4 is 5.32 Å². The van der Waals surface area contributed by atoms with Crippen molar-refractivity contribution in [3.8, 4) is 0 Å². The summed E-state index contributed by atoms with van der Waals surface area (Å²) in [7, 11) is 0. The van der Waals surface area contributed by atoms with Crippen LogP contribution >= 0.6 is 22.9 Å². The number of hydrogen-bond acceptors (Lipinski definition) is 5. The van der Waals surface area contributed by atoms with Crippen molar-refractivity contribution in [2.24, 2.45) is 17.8 Å².